The summed E-state index contributed by atoms with van der Waals surface area (Å²) in [6, 6.07) is 3.31. The van der Waals surface area contributed by atoms with Crippen molar-refractivity contribution in [3.05, 3.63) is 23.2 Å². The van der Waals surface area contributed by atoms with Gasteiger partial charge in [-0.15, -0.1) is 12.4 Å². The predicted octanol–water partition coefficient (Wildman–Crippen LogP) is 2.25. The van der Waals surface area contributed by atoms with Gasteiger partial charge in [-0.2, -0.15) is 8.78 Å². The molecule has 0 saturated heterocycles. The van der Waals surface area contributed by atoms with Crippen molar-refractivity contribution in [2.24, 2.45) is 0 Å². The Kier molecular flexibility index (Phi) is 9.07. The number of rotatable bonds is 8. The first-order valence-corrected chi connectivity index (χ1v) is 7.67. The van der Waals surface area contributed by atoms with Gasteiger partial charge in [0.15, 0.2) is 0 Å². The summed E-state index contributed by atoms with van der Waals surface area (Å²) in [4.78, 5) is -0.111. The first kappa shape index (κ1) is 20.3. The summed E-state index contributed by atoms with van der Waals surface area (Å²) in [5, 5.41) is 2.76. The third kappa shape index (κ3) is 6.75. The molecule has 0 aliphatic heterocycles. The number of sulfonamides is 1. The van der Waals surface area contributed by atoms with Crippen molar-refractivity contribution in [2.75, 3.05) is 19.6 Å². The van der Waals surface area contributed by atoms with Crippen LogP contribution in [0.1, 0.15) is 6.92 Å². The fraction of sp³-hybridized carbons (Fsp3) is 0.455. The molecule has 5 nitrogen and oxygen atoms in total. The highest BCUT2D eigenvalue weighted by atomic mass is 35.5. The molecule has 0 amide bonds. The van der Waals surface area contributed by atoms with Crippen molar-refractivity contribution in [3.8, 4) is 5.75 Å². The first-order chi connectivity index (χ1) is 9.36. The molecule has 0 bridgehead atoms. The summed E-state index contributed by atoms with van der Waals surface area (Å²) in [6.07, 6.45) is 0. The Balaban J connectivity index is 0.00000400. The van der Waals surface area contributed by atoms with Crippen molar-refractivity contribution >= 4 is 34.0 Å². The molecule has 0 aliphatic rings. The number of benzene rings is 1. The monoisotopic (exact) mass is 364 g/mol. The van der Waals surface area contributed by atoms with Crippen LogP contribution in [-0.2, 0) is 10.0 Å². The molecule has 0 aromatic heterocycles. The van der Waals surface area contributed by atoms with Gasteiger partial charge < -0.3 is 10.1 Å². The van der Waals surface area contributed by atoms with E-state index >= 15 is 0 Å². The second kappa shape index (κ2) is 9.37. The molecule has 0 aliphatic carbocycles. The molecular formula is C11H16Cl2F2N2O3S. The van der Waals surface area contributed by atoms with Crippen molar-refractivity contribution in [1.82, 2.24) is 10.0 Å². The minimum atomic E-state index is -3.73. The quantitative estimate of drug-likeness (QED) is 0.694. The Morgan fingerprint density at radius 1 is 1.33 bits per heavy atom. The molecule has 1 aromatic carbocycles. The van der Waals surface area contributed by atoms with E-state index in [4.69, 9.17) is 11.6 Å². The molecule has 0 unspecified atom stereocenters. The highest BCUT2D eigenvalue weighted by Gasteiger charge is 2.16. The fourth-order valence-corrected chi connectivity index (χ4v) is 2.72. The Morgan fingerprint density at radius 2 is 2.00 bits per heavy atom. The standard InChI is InChI=1S/C11H15ClF2N2O3S.ClH/c1-2-15-5-6-16-20(17,18)8-3-4-10(9(12)7-8)19-11(13)14;/h3-4,7,11,15-16H,2,5-6H2,1H3;1H. The molecule has 0 atom stereocenters. The summed E-state index contributed by atoms with van der Waals surface area (Å²) in [6.45, 7) is 0.302. The number of halogens is 4. The van der Waals surface area contributed by atoms with E-state index in [-0.39, 0.29) is 34.6 Å². The average molecular weight is 365 g/mol. The molecule has 10 heteroatoms. The molecule has 1 aromatic rings. The minimum absolute atomic E-state index is 0. The van der Waals surface area contributed by atoms with Crippen LogP contribution in [0.2, 0.25) is 5.02 Å². The lowest BCUT2D eigenvalue weighted by Gasteiger charge is -2.10. The van der Waals surface area contributed by atoms with E-state index in [1.807, 2.05) is 6.92 Å². The SMILES string of the molecule is CCNCCNS(=O)(=O)c1ccc(OC(F)F)c(Cl)c1.Cl. The summed E-state index contributed by atoms with van der Waals surface area (Å²) in [5.41, 5.74) is 0. The largest absolute Gasteiger partial charge is 0.433 e. The van der Waals surface area contributed by atoms with Crippen LogP contribution in [-0.4, -0.2) is 34.7 Å². The van der Waals surface area contributed by atoms with E-state index < -0.39 is 16.6 Å². The number of hydrogen-bond donors (Lipinski definition) is 2. The number of alkyl halides is 2. The number of ether oxygens (including phenoxy) is 1. The van der Waals surface area contributed by atoms with E-state index in [2.05, 4.69) is 14.8 Å². The fourth-order valence-electron chi connectivity index (χ4n) is 1.37. The first-order valence-electron chi connectivity index (χ1n) is 5.81. The van der Waals surface area contributed by atoms with E-state index in [1.54, 1.807) is 0 Å². The molecule has 0 radical (unpaired) electrons. The predicted molar refractivity (Wildman–Crippen MR) is 79.1 cm³/mol. The van der Waals surface area contributed by atoms with E-state index in [0.29, 0.717) is 6.54 Å². The summed E-state index contributed by atoms with van der Waals surface area (Å²) in [5.74, 6) is -0.270. The molecule has 122 valence electrons. The minimum Gasteiger partial charge on any atom is -0.433 e. The Morgan fingerprint density at radius 3 is 2.52 bits per heavy atom. The molecule has 0 spiro atoms. The van der Waals surface area contributed by atoms with Crippen LogP contribution in [0.25, 0.3) is 0 Å². The van der Waals surface area contributed by atoms with Gasteiger partial charge in [0.2, 0.25) is 10.0 Å². The van der Waals surface area contributed by atoms with Crippen LogP contribution in [0, 0.1) is 0 Å². The molecule has 0 heterocycles. The van der Waals surface area contributed by atoms with Crippen molar-refractivity contribution in [1.29, 1.82) is 0 Å². The average Bonchev–Trinajstić information content (AvgIpc) is 2.36. The van der Waals surface area contributed by atoms with Gasteiger partial charge in [0.1, 0.15) is 5.75 Å². The van der Waals surface area contributed by atoms with Gasteiger partial charge >= 0.3 is 6.61 Å². The molecule has 21 heavy (non-hydrogen) atoms. The molecule has 2 N–H and O–H groups in total. The maximum absolute atomic E-state index is 12.1. The van der Waals surface area contributed by atoms with Crippen molar-refractivity contribution in [2.45, 2.75) is 18.4 Å². The highest BCUT2D eigenvalue weighted by Crippen LogP contribution is 2.28. The maximum Gasteiger partial charge on any atom is 0.387 e. The maximum atomic E-state index is 12.1. The molecule has 0 saturated carbocycles. The van der Waals surface area contributed by atoms with Gasteiger partial charge in [0.25, 0.3) is 0 Å². The summed E-state index contributed by atoms with van der Waals surface area (Å²) < 4.78 is 54.4. The van der Waals surface area contributed by atoms with Crippen LogP contribution in [0.5, 0.6) is 5.75 Å². The molecule has 0 fully saturated rings. The number of likely N-dealkylation sites (N-methyl/N-ethyl adjacent to an activating group) is 1. The van der Waals surface area contributed by atoms with E-state index in [0.717, 1.165) is 24.7 Å². The Labute approximate surface area is 133 Å². The van der Waals surface area contributed by atoms with Crippen LogP contribution in [0.4, 0.5) is 8.78 Å². The summed E-state index contributed by atoms with van der Waals surface area (Å²) in [7, 11) is -3.73. The molecule has 1 rings (SSSR count). The zero-order valence-electron chi connectivity index (χ0n) is 11.1. The van der Waals surface area contributed by atoms with Gasteiger partial charge in [-0.25, -0.2) is 13.1 Å². The van der Waals surface area contributed by atoms with Crippen molar-refractivity contribution in [3.63, 3.8) is 0 Å². The second-order valence-electron chi connectivity index (χ2n) is 3.72. The summed E-state index contributed by atoms with van der Waals surface area (Å²) >= 11 is 5.70. The van der Waals surface area contributed by atoms with Gasteiger partial charge in [-0.05, 0) is 24.7 Å². The lowest BCUT2D eigenvalue weighted by molar-refractivity contribution is -0.0498. The zero-order valence-corrected chi connectivity index (χ0v) is 13.5. The van der Waals surface area contributed by atoms with E-state index in [1.165, 1.54) is 0 Å². The number of nitrogens with one attached hydrogen (secondary N) is 2. The van der Waals surface area contributed by atoms with Crippen molar-refractivity contribution < 1.29 is 21.9 Å². The third-order valence-corrected chi connectivity index (χ3v) is 4.03. The van der Waals surface area contributed by atoms with Crippen LogP contribution in [0.15, 0.2) is 23.1 Å². The lowest BCUT2D eigenvalue weighted by atomic mass is 10.3. The molecular weight excluding hydrogens is 349 g/mol. The lowest BCUT2D eigenvalue weighted by Crippen LogP contribution is -2.31. The smallest absolute Gasteiger partial charge is 0.387 e. The van der Waals surface area contributed by atoms with Gasteiger partial charge in [0.05, 0.1) is 9.92 Å². The topological polar surface area (TPSA) is 67.4 Å². The highest BCUT2D eigenvalue weighted by molar-refractivity contribution is 7.89. The number of hydrogen-bond acceptors (Lipinski definition) is 4. The van der Waals surface area contributed by atoms with Gasteiger partial charge in [-0.3, -0.25) is 0 Å². The van der Waals surface area contributed by atoms with Gasteiger partial charge in [-0.1, -0.05) is 18.5 Å². The van der Waals surface area contributed by atoms with E-state index in [9.17, 15) is 17.2 Å². The van der Waals surface area contributed by atoms with Crippen LogP contribution < -0.4 is 14.8 Å². The van der Waals surface area contributed by atoms with Gasteiger partial charge in [0, 0.05) is 13.1 Å². The third-order valence-electron chi connectivity index (χ3n) is 2.27. The zero-order chi connectivity index (χ0) is 15.2. The van der Waals surface area contributed by atoms with Crippen LogP contribution in [0.3, 0.4) is 0 Å². The van der Waals surface area contributed by atoms with Crippen LogP contribution >= 0.6 is 24.0 Å². The Bertz CT molecular complexity index is 544. The Hall–Kier alpha value is -0.670. The normalized spacial score (nSPS) is 11.3. The second-order valence-corrected chi connectivity index (χ2v) is 5.90.